The van der Waals surface area contributed by atoms with Crippen molar-refractivity contribution in [2.24, 2.45) is 0 Å². The second-order valence-electron chi connectivity index (χ2n) is 6.91. The number of pyridine rings is 1. The molecule has 9 heteroatoms. The van der Waals surface area contributed by atoms with E-state index in [0.717, 1.165) is 16.6 Å². The quantitative estimate of drug-likeness (QED) is 0.396. The van der Waals surface area contributed by atoms with Gasteiger partial charge in [0.2, 0.25) is 5.91 Å². The lowest BCUT2D eigenvalue weighted by molar-refractivity contribution is -0.116. The normalized spacial score (nSPS) is 10.8. The molecular weight excluding hydrogens is 431 g/mol. The summed E-state index contributed by atoms with van der Waals surface area (Å²) in [6.45, 7) is 0.0491. The maximum absolute atomic E-state index is 13.2. The lowest BCUT2D eigenvalue weighted by Gasteiger charge is -2.12. The van der Waals surface area contributed by atoms with E-state index < -0.39 is 0 Å². The van der Waals surface area contributed by atoms with E-state index in [1.807, 2.05) is 4.57 Å². The Morgan fingerprint density at radius 2 is 1.81 bits per heavy atom. The van der Waals surface area contributed by atoms with Crippen LogP contribution in [0.1, 0.15) is 5.56 Å². The van der Waals surface area contributed by atoms with Crippen molar-refractivity contribution >= 4 is 34.4 Å². The van der Waals surface area contributed by atoms with Crippen LogP contribution in [0.3, 0.4) is 0 Å². The van der Waals surface area contributed by atoms with Crippen LogP contribution in [0.15, 0.2) is 66.1 Å². The van der Waals surface area contributed by atoms with E-state index in [-0.39, 0.29) is 18.3 Å². The number of hydrogen-bond donors (Lipinski definition) is 1. The highest BCUT2D eigenvalue weighted by Crippen LogP contribution is 2.28. The number of hydrogen-bond acceptors (Lipinski definition) is 6. The van der Waals surface area contributed by atoms with Crippen molar-refractivity contribution in [1.29, 1.82) is 0 Å². The van der Waals surface area contributed by atoms with Crippen LogP contribution < -0.4 is 14.8 Å². The molecule has 1 N–H and O–H groups in total. The molecule has 2 aromatic heterocycles. The van der Waals surface area contributed by atoms with Crippen LogP contribution in [0.5, 0.6) is 11.5 Å². The van der Waals surface area contributed by atoms with Crippen molar-refractivity contribution in [2.45, 2.75) is 17.5 Å². The Bertz CT molecular complexity index is 1220. The first-order valence-corrected chi connectivity index (χ1v) is 10.7. The summed E-state index contributed by atoms with van der Waals surface area (Å²) in [5.41, 5.74) is 3.03. The Balaban J connectivity index is 1.55. The van der Waals surface area contributed by atoms with Gasteiger partial charge in [0.25, 0.3) is 0 Å². The zero-order valence-electron chi connectivity index (χ0n) is 17.5. The SMILES string of the molecule is COc1cc(NC(=O)Cn2c(SCc3ccc(F)cc3)nc3ccncc32)cc(OC)c1. The van der Waals surface area contributed by atoms with Gasteiger partial charge in [0.15, 0.2) is 5.16 Å². The summed E-state index contributed by atoms with van der Waals surface area (Å²) in [7, 11) is 3.10. The molecule has 164 valence electrons. The fraction of sp³-hybridized carbons (Fsp3) is 0.174. The summed E-state index contributed by atoms with van der Waals surface area (Å²) in [6, 6.07) is 13.3. The largest absolute Gasteiger partial charge is 0.497 e. The number of nitrogens with zero attached hydrogens (tertiary/aromatic N) is 3. The molecule has 0 saturated heterocycles. The molecule has 0 fully saturated rings. The number of rotatable bonds is 8. The first-order valence-electron chi connectivity index (χ1n) is 9.76. The molecule has 0 unspecified atom stereocenters. The Kier molecular flexibility index (Phi) is 6.55. The molecule has 7 nitrogen and oxygen atoms in total. The number of aromatic nitrogens is 3. The number of benzene rings is 2. The van der Waals surface area contributed by atoms with Gasteiger partial charge < -0.3 is 19.4 Å². The number of ether oxygens (including phenoxy) is 2. The molecule has 0 bridgehead atoms. The fourth-order valence-electron chi connectivity index (χ4n) is 3.16. The maximum atomic E-state index is 13.2. The standard InChI is InChI=1S/C23H21FN4O3S/c1-30-18-9-17(10-19(11-18)31-2)26-22(29)13-28-21-12-25-8-7-20(21)27-23(28)32-14-15-3-5-16(24)6-4-15/h3-12H,13-14H2,1-2H3,(H,26,29). The molecule has 4 rings (SSSR count). The minimum Gasteiger partial charge on any atom is -0.497 e. The number of thioether (sulfide) groups is 1. The van der Waals surface area contributed by atoms with E-state index in [0.29, 0.717) is 28.1 Å². The smallest absolute Gasteiger partial charge is 0.244 e. The molecule has 32 heavy (non-hydrogen) atoms. The molecule has 2 heterocycles. The van der Waals surface area contributed by atoms with Crippen LogP contribution in [0, 0.1) is 5.82 Å². The Hall–Kier alpha value is -3.59. The maximum Gasteiger partial charge on any atom is 0.244 e. The predicted molar refractivity (Wildman–Crippen MR) is 122 cm³/mol. The lowest BCUT2D eigenvalue weighted by Crippen LogP contribution is -2.19. The van der Waals surface area contributed by atoms with E-state index in [1.165, 1.54) is 23.9 Å². The van der Waals surface area contributed by atoms with Crippen molar-refractivity contribution in [3.63, 3.8) is 0 Å². The summed E-state index contributed by atoms with van der Waals surface area (Å²) in [4.78, 5) is 21.7. The van der Waals surface area contributed by atoms with Gasteiger partial charge in [-0.25, -0.2) is 9.37 Å². The molecule has 0 saturated carbocycles. The minimum absolute atomic E-state index is 0.0491. The molecule has 0 aliphatic heterocycles. The van der Waals surface area contributed by atoms with Gasteiger partial charge in [0, 0.05) is 35.8 Å². The van der Waals surface area contributed by atoms with Crippen LogP contribution in [0.2, 0.25) is 0 Å². The van der Waals surface area contributed by atoms with E-state index in [1.54, 1.807) is 63.0 Å². The van der Waals surface area contributed by atoms with E-state index in [4.69, 9.17) is 9.47 Å². The molecule has 0 aliphatic carbocycles. The molecule has 1 amide bonds. The number of carbonyl (C=O) groups is 1. The van der Waals surface area contributed by atoms with Gasteiger partial charge in [-0.1, -0.05) is 23.9 Å². The first kappa shape index (κ1) is 21.6. The van der Waals surface area contributed by atoms with Gasteiger partial charge in [-0.05, 0) is 23.8 Å². The number of amides is 1. The van der Waals surface area contributed by atoms with Crippen LogP contribution in [0.4, 0.5) is 10.1 Å². The van der Waals surface area contributed by atoms with Crippen molar-refractivity contribution < 1.29 is 18.7 Å². The summed E-state index contributed by atoms with van der Waals surface area (Å²) in [6.07, 6.45) is 3.35. The highest BCUT2D eigenvalue weighted by atomic mass is 32.2. The third kappa shape index (κ3) is 5.00. The molecule has 4 aromatic rings. The predicted octanol–water partition coefficient (Wildman–Crippen LogP) is 4.52. The van der Waals surface area contributed by atoms with E-state index >= 15 is 0 Å². The Morgan fingerprint density at radius 3 is 2.50 bits per heavy atom. The molecule has 2 aromatic carbocycles. The molecule has 0 atom stereocenters. The van der Waals surface area contributed by atoms with Crippen molar-refractivity contribution in [1.82, 2.24) is 14.5 Å². The van der Waals surface area contributed by atoms with Crippen molar-refractivity contribution in [2.75, 3.05) is 19.5 Å². The van der Waals surface area contributed by atoms with Crippen LogP contribution >= 0.6 is 11.8 Å². The zero-order chi connectivity index (χ0) is 22.5. The third-order valence-electron chi connectivity index (χ3n) is 4.73. The zero-order valence-corrected chi connectivity index (χ0v) is 18.4. The molecular formula is C23H21FN4O3S. The van der Waals surface area contributed by atoms with Gasteiger partial charge in [0.1, 0.15) is 23.9 Å². The second-order valence-corrected chi connectivity index (χ2v) is 7.85. The molecule has 0 radical (unpaired) electrons. The number of carbonyl (C=O) groups excluding carboxylic acids is 1. The fourth-order valence-corrected chi connectivity index (χ4v) is 4.13. The summed E-state index contributed by atoms with van der Waals surface area (Å²) in [5.74, 6) is 1.24. The second kappa shape index (κ2) is 9.69. The van der Waals surface area contributed by atoms with Gasteiger partial charge in [-0.15, -0.1) is 0 Å². The number of imidazole rings is 1. The summed E-state index contributed by atoms with van der Waals surface area (Å²) >= 11 is 1.47. The van der Waals surface area contributed by atoms with Crippen LogP contribution in [-0.4, -0.2) is 34.7 Å². The van der Waals surface area contributed by atoms with E-state index in [2.05, 4.69) is 15.3 Å². The average molecular weight is 453 g/mol. The van der Waals surface area contributed by atoms with Crippen molar-refractivity contribution in [3.8, 4) is 11.5 Å². The lowest BCUT2D eigenvalue weighted by atomic mass is 10.2. The summed E-state index contributed by atoms with van der Waals surface area (Å²) < 4.78 is 25.5. The molecule has 0 aliphatic rings. The van der Waals surface area contributed by atoms with Crippen molar-refractivity contribution in [3.05, 3.63) is 72.3 Å². The number of halogens is 1. The Labute approximate surface area is 188 Å². The van der Waals surface area contributed by atoms with Crippen LogP contribution in [-0.2, 0) is 17.1 Å². The first-order chi connectivity index (χ1) is 15.6. The average Bonchev–Trinajstić information content (AvgIpc) is 3.15. The highest BCUT2D eigenvalue weighted by Gasteiger charge is 2.15. The number of methoxy groups -OCH3 is 2. The number of anilines is 1. The topological polar surface area (TPSA) is 78.3 Å². The summed E-state index contributed by atoms with van der Waals surface area (Å²) in [5, 5.41) is 3.56. The Morgan fingerprint density at radius 1 is 1.09 bits per heavy atom. The van der Waals surface area contributed by atoms with Gasteiger partial charge in [0.05, 0.1) is 31.4 Å². The monoisotopic (exact) mass is 452 g/mol. The van der Waals surface area contributed by atoms with Gasteiger partial charge in [-0.3, -0.25) is 9.78 Å². The van der Waals surface area contributed by atoms with Crippen LogP contribution in [0.25, 0.3) is 11.0 Å². The van der Waals surface area contributed by atoms with Gasteiger partial charge >= 0.3 is 0 Å². The molecule has 0 spiro atoms. The number of nitrogens with one attached hydrogen (secondary N) is 1. The van der Waals surface area contributed by atoms with Gasteiger partial charge in [-0.2, -0.15) is 0 Å². The number of fused-ring (bicyclic) bond motifs is 1. The third-order valence-corrected chi connectivity index (χ3v) is 5.78. The highest BCUT2D eigenvalue weighted by molar-refractivity contribution is 7.98. The van der Waals surface area contributed by atoms with E-state index in [9.17, 15) is 9.18 Å². The minimum atomic E-state index is -0.275.